The number of fused-ring (bicyclic) bond motifs is 1. The lowest BCUT2D eigenvalue weighted by atomic mass is 10.1. The van der Waals surface area contributed by atoms with E-state index in [1.807, 2.05) is 13.8 Å². The summed E-state index contributed by atoms with van der Waals surface area (Å²) in [6, 6.07) is 4.46. The Morgan fingerprint density at radius 1 is 1.35 bits per heavy atom. The fraction of sp³-hybridized carbons (Fsp3) is 0.200. The quantitative estimate of drug-likeness (QED) is 0.587. The highest BCUT2D eigenvalue weighted by atomic mass is 32.1. The van der Waals surface area contributed by atoms with E-state index in [1.165, 1.54) is 30.6 Å². The van der Waals surface area contributed by atoms with Crippen molar-refractivity contribution in [1.82, 2.24) is 9.97 Å². The number of hydrogen-bond acceptors (Lipinski definition) is 6. The standard InChI is InChI=1S/C15H13N3O4S/c1-7-8(2)23-15-12(7)14(19)16-13(17-15)9-4-5-11(22-3)10(6-9)18(20)21/h4-6H,1-3H3,(H,16,17,19). The largest absolute Gasteiger partial charge is 0.490 e. The van der Waals surface area contributed by atoms with Gasteiger partial charge in [0.15, 0.2) is 5.75 Å². The van der Waals surface area contributed by atoms with Crippen molar-refractivity contribution in [2.75, 3.05) is 7.11 Å². The lowest BCUT2D eigenvalue weighted by Gasteiger charge is -2.05. The van der Waals surface area contributed by atoms with Gasteiger partial charge in [0.05, 0.1) is 17.4 Å². The molecule has 0 amide bonds. The second-order valence-corrected chi connectivity index (χ2v) is 6.22. The summed E-state index contributed by atoms with van der Waals surface area (Å²) in [6.07, 6.45) is 0. The lowest BCUT2D eigenvalue weighted by Crippen LogP contribution is -2.09. The van der Waals surface area contributed by atoms with Crippen molar-refractivity contribution in [3.05, 3.63) is 49.1 Å². The first-order chi connectivity index (χ1) is 10.9. The Labute approximate surface area is 134 Å². The number of thiophene rings is 1. The molecule has 0 fully saturated rings. The number of ether oxygens (including phenoxy) is 1. The van der Waals surface area contributed by atoms with Gasteiger partial charge in [0.2, 0.25) is 0 Å². The maximum atomic E-state index is 12.3. The van der Waals surface area contributed by atoms with Crippen LogP contribution in [0.4, 0.5) is 5.69 Å². The van der Waals surface area contributed by atoms with Crippen molar-refractivity contribution >= 4 is 27.2 Å². The Balaban J connectivity index is 2.23. The Morgan fingerprint density at radius 3 is 2.74 bits per heavy atom. The van der Waals surface area contributed by atoms with Crippen molar-refractivity contribution in [2.24, 2.45) is 0 Å². The Bertz CT molecular complexity index is 990. The molecule has 2 heterocycles. The second kappa shape index (κ2) is 5.47. The summed E-state index contributed by atoms with van der Waals surface area (Å²) in [5.41, 5.74) is 0.947. The van der Waals surface area contributed by atoms with Gasteiger partial charge in [0, 0.05) is 16.5 Å². The first-order valence-corrected chi connectivity index (χ1v) is 7.57. The van der Waals surface area contributed by atoms with Crippen molar-refractivity contribution in [3.8, 4) is 17.1 Å². The number of aromatic amines is 1. The molecular weight excluding hydrogens is 318 g/mol. The third-order valence-corrected chi connectivity index (χ3v) is 4.79. The van der Waals surface area contributed by atoms with E-state index in [9.17, 15) is 14.9 Å². The number of nitro groups is 1. The van der Waals surface area contributed by atoms with Gasteiger partial charge in [-0.15, -0.1) is 11.3 Å². The van der Waals surface area contributed by atoms with Gasteiger partial charge in [-0.05, 0) is 31.5 Å². The van der Waals surface area contributed by atoms with E-state index in [0.29, 0.717) is 21.6 Å². The predicted molar refractivity (Wildman–Crippen MR) is 88.4 cm³/mol. The third kappa shape index (κ3) is 2.46. The summed E-state index contributed by atoms with van der Waals surface area (Å²) in [5, 5.41) is 11.7. The second-order valence-electron chi connectivity index (χ2n) is 5.02. The number of aryl methyl sites for hydroxylation is 2. The Hall–Kier alpha value is -2.74. The van der Waals surface area contributed by atoms with Crippen LogP contribution in [0.1, 0.15) is 10.4 Å². The van der Waals surface area contributed by atoms with E-state index >= 15 is 0 Å². The molecular formula is C15H13N3O4S. The minimum Gasteiger partial charge on any atom is -0.490 e. The van der Waals surface area contributed by atoms with Gasteiger partial charge in [-0.2, -0.15) is 0 Å². The molecule has 118 valence electrons. The lowest BCUT2D eigenvalue weighted by molar-refractivity contribution is -0.385. The molecule has 0 bridgehead atoms. The topological polar surface area (TPSA) is 98.1 Å². The smallest absolute Gasteiger partial charge is 0.311 e. The SMILES string of the molecule is COc1ccc(-c2nc3sc(C)c(C)c3c(=O)[nH]2)cc1[N+](=O)[O-]. The molecule has 7 nitrogen and oxygen atoms in total. The van der Waals surface area contributed by atoms with Crippen LogP contribution in [0.3, 0.4) is 0 Å². The molecule has 23 heavy (non-hydrogen) atoms. The molecule has 0 aliphatic heterocycles. The number of methoxy groups -OCH3 is 1. The molecule has 1 aromatic carbocycles. The monoisotopic (exact) mass is 331 g/mol. The van der Waals surface area contributed by atoms with Crippen LogP contribution in [0.15, 0.2) is 23.0 Å². The fourth-order valence-electron chi connectivity index (χ4n) is 2.37. The number of rotatable bonds is 3. The zero-order valence-electron chi connectivity index (χ0n) is 12.7. The van der Waals surface area contributed by atoms with Crippen molar-refractivity contribution < 1.29 is 9.66 Å². The average Bonchev–Trinajstić information content (AvgIpc) is 2.81. The average molecular weight is 331 g/mol. The number of nitrogens with one attached hydrogen (secondary N) is 1. The number of benzene rings is 1. The van der Waals surface area contributed by atoms with E-state index in [0.717, 1.165) is 10.4 Å². The molecule has 2 aromatic heterocycles. The number of H-pyrrole nitrogens is 1. The van der Waals surface area contributed by atoms with Crippen LogP contribution >= 0.6 is 11.3 Å². The van der Waals surface area contributed by atoms with E-state index < -0.39 is 4.92 Å². The molecule has 0 aliphatic carbocycles. The van der Waals surface area contributed by atoms with E-state index in [2.05, 4.69) is 9.97 Å². The minimum atomic E-state index is -0.529. The molecule has 0 spiro atoms. The van der Waals surface area contributed by atoms with Crippen LogP contribution in [0, 0.1) is 24.0 Å². The van der Waals surface area contributed by atoms with Crippen LogP contribution in [0.25, 0.3) is 21.6 Å². The van der Waals surface area contributed by atoms with Crippen LogP contribution in [-0.2, 0) is 0 Å². The normalized spacial score (nSPS) is 10.9. The summed E-state index contributed by atoms with van der Waals surface area (Å²) in [7, 11) is 1.37. The van der Waals surface area contributed by atoms with Crippen molar-refractivity contribution in [1.29, 1.82) is 0 Å². The molecule has 0 saturated heterocycles. The fourth-order valence-corrected chi connectivity index (χ4v) is 3.40. The first-order valence-electron chi connectivity index (χ1n) is 6.75. The molecule has 3 rings (SSSR count). The summed E-state index contributed by atoms with van der Waals surface area (Å²) >= 11 is 1.43. The highest BCUT2D eigenvalue weighted by molar-refractivity contribution is 7.18. The zero-order chi connectivity index (χ0) is 16.7. The van der Waals surface area contributed by atoms with Crippen LogP contribution in [0.2, 0.25) is 0 Å². The Kier molecular flexibility index (Phi) is 3.61. The summed E-state index contributed by atoms with van der Waals surface area (Å²) in [6.45, 7) is 3.81. The van der Waals surface area contributed by atoms with Gasteiger partial charge in [-0.25, -0.2) is 4.98 Å². The van der Waals surface area contributed by atoms with E-state index in [-0.39, 0.29) is 17.0 Å². The van der Waals surface area contributed by atoms with Gasteiger partial charge < -0.3 is 9.72 Å². The minimum absolute atomic E-state index is 0.157. The molecule has 0 aliphatic rings. The summed E-state index contributed by atoms with van der Waals surface area (Å²) < 4.78 is 4.98. The maximum Gasteiger partial charge on any atom is 0.311 e. The van der Waals surface area contributed by atoms with Crippen LogP contribution in [-0.4, -0.2) is 22.0 Å². The molecule has 8 heteroatoms. The number of hydrogen-bond donors (Lipinski definition) is 1. The molecule has 0 radical (unpaired) electrons. The summed E-state index contributed by atoms with van der Waals surface area (Å²) in [5.74, 6) is 0.458. The van der Waals surface area contributed by atoms with Gasteiger partial charge in [-0.1, -0.05) is 0 Å². The van der Waals surface area contributed by atoms with Crippen molar-refractivity contribution in [2.45, 2.75) is 13.8 Å². The third-order valence-electron chi connectivity index (χ3n) is 3.69. The van der Waals surface area contributed by atoms with Crippen LogP contribution < -0.4 is 10.3 Å². The van der Waals surface area contributed by atoms with Crippen LogP contribution in [0.5, 0.6) is 5.75 Å². The van der Waals surface area contributed by atoms with Gasteiger partial charge in [0.1, 0.15) is 10.7 Å². The Morgan fingerprint density at radius 2 is 2.09 bits per heavy atom. The van der Waals surface area contributed by atoms with Gasteiger partial charge in [0.25, 0.3) is 5.56 Å². The maximum absolute atomic E-state index is 12.3. The molecule has 3 aromatic rings. The zero-order valence-corrected chi connectivity index (χ0v) is 13.5. The number of nitrogens with zero attached hydrogens (tertiary/aromatic N) is 2. The number of aromatic nitrogens is 2. The van der Waals surface area contributed by atoms with Crippen molar-refractivity contribution in [3.63, 3.8) is 0 Å². The highest BCUT2D eigenvalue weighted by Gasteiger charge is 2.18. The van der Waals surface area contributed by atoms with Gasteiger partial charge in [-0.3, -0.25) is 14.9 Å². The molecule has 0 atom stereocenters. The highest BCUT2D eigenvalue weighted by Crippen LogP contribution is 2.32. The molecule has 0 saturated carbocycles. The number of nitro benzene ring substituents is 1. The van der Waals surface area contributed by atoms with Gasteiger partial charge >= 0.3 is 5.69 Å². The summed E-state index contributed by atoms with van der Waals surface area (Å²) in [4.78, 5) is 31.7. The van der Waals surface area contributed by atoms with E-state index in [1.54, 1.807) is 6.07 Å². The first kappa shape index (κ1) is 15.2. The predicted octanol–water partition coefficient (Wildman–Crippen LogP) is 3.19. The van der Waals surface area contributed by atoms with E-state index in [4.69, 9.17) is 4.74 Å². The molecule has 0 unspecified atom stereocenters. The molecule has 1 N–H and O–H groups in total.